The van der Waals surface area contributed by atoms with Crippen LogP contribution < -0.4 is 5.73 Å². The third kappa shape index (κ3) is 3.44. The smallest absolute Gasteiger partial charge is 0.0726 e. The average molecular weight is 213 g/mol. The molecule has 0 aromatic rings. The lowest BCUT2D eigenvalue weighted by Crippen LogP contribution is -2.34. The van der Waals surface area contributed by atoms with Crippen LogP contribution in [0.4, 0.5) is 0 Å². The first-order valence-electron chi connectivity index (χ1n) is 6.35. The molecule has 0 aliphatic carbocycles. The Bertz CT molecular complexity index is 174. The van der Waals surface area contributed by atoms with Gasteiger partial charge in [-0.15, -0.1) is 0 Å². The summed E-state index contributed by atoms with van der Waals surface area (Å²) in [5, 5.41) is 0. The zero-order valence-corrected chi connectivity index (χ0v) is 9.49. The highest BCUT2D eigenvalue weighted by molar-refractivity contribution is 4.78. The van der Waals surface area contributed by atoms with Crippen LogP contribution in [0.25, 0.3) is 0 Å². The summed E-state index contributed by atoms with van der Waals surface area (Å²) < 4.78 is 11.2. The molecule has 0 saturated carbocycles. The minimum absolute atomic E-state index is 0.244. The lowest BCUT2D eigenvalue weighted by Gasteiger charge is -2.19. The molecule has 15 heavy (non-hydrogen) atoms. The van der Waals surface area contributed by atoms with Crippen LogP contribution in [0.5, 0.6) is 0 Å². The summed E-state index contributed by atoms with van der Waals surface area (Å²) in [6.07, 6.45) is 9.12. The van der Waals surface area contributed by atoms with Crippen molar-refractivity contribution in [2.75, 3.05) is 13.2 Å². The molecule has 0 spiro atoms. The molecule has 2 aliphatic heterocycles. The van der Waals surface area contributed by atoms with E-state index in [0.717, 1.165) is 26.1 Å². The van der Waals surface area contributed by atoms with Crippen LogP contribution in [-0.4, -0.2) is 31.5 Å². The van der Waals surface area contributed by atoms with Gasteiger partial charge in [0.15, 0.2) is 0 Å². The normalized spacial score (nSPS) is 33.4. The molecule has 3 nitrogen and oxygen atoms in total. The van der Waals surface area contributed by atoms with Gasteiger partial charge in [-0.1, -0.05) is 0 Å². The van der Waals surface area contributed by atoms with Gasteiger partial charge in [-0.25, -0.2) is 0 Å². The van der Waals surface area contributed by atoms with Crippen molar-refractivity contribution in [1.82, 2.24) is 0 Å². The van der Waals surface area contributed by atoms with Gasteiger partial charge in [0.05, 0.1) is 12.2 Å². The molecule has 2 aliphatic rings. The summed E-state index contributed by atoms with van der Waals surface area (Å²) in [5.74, 6) is 0. The van der Waals surface area contributed by atoms with Crippen LogP contribution in [0.15, 0.2) is 0 Å². The van der Waals surface area contributed by atoms with Crippen molar-refractivity contribution in [2.45, 2.75) is 63.2 Å². The van der Waals surface area contributed by atoms with E-state index >= 15 is 0 Å². The average Bonchev–Trinajstić information content (AvgIpc) is 2.90. The maximum atomic E-state index is 6.10. The lowest BCUT2D eigenvalue weighted by atomic mass is 10.0. The van der Waals surface area contributed by atoms with E-state index in [4.69, 9.17) is 15.2 Å². The van der Waals surface area contributed by atoms with Crippen LogP contribution in [0, 0.1) is 0 Å². The van der Waals surface area contributed by atoms with Gasteiger partial charge in [-0.3, -0.25) is 0 Å². The predicted molar refractivity (Wildman–Crippen MR) is 59.8 cm³/mol. The Hall–Kier alpha value is -0.120. The Morgan fingerprint density at radius 2 is 1.93 bits per heavy atom. The van der Waals surface area contributed by atoms with Crippen molar-refractivity contribution in [3.8, 4) is 0 Å². The fraction of sp³-hybridized carbons (Fsp3) is 1.00. The Balaban J connectivity index is 1.56. The fourth-order valence-corrected chi connectivity index (χ4v) is 2.58. The molecule has 2 N–H and O–H groups in total. The first kappa shape index (κ1) is 11.4. The van der Waals surface area contributed by atoms with Gasteiger partial charge < -0.3 is 15.2 Å². The molecular formula is C12H23NO2. The molecule has 0 aromatic heterocycles. The predicted octanol–water partition coefficient (Wildman–Crippen LogP) is 1.84. The van der Waals surface area contributed by atoms with Gasteiger partial charge in [-0.05, 0) is 44.9 Å². The van der Waals surface area contributed by atoms with Crippen LogP contribution in [0.3, 0.4) is 0 Å². The first-order chi connectivity index (χ1) is 7.36. The summed E-state index contributed by atoms with van der Waals surface area (Å²) in [4.78, 5) is 0. The topological polar surface area (TPSA) is 44.5 Å². The van der Waals surface area contributed by atoms with Crippen molar-refractivity contribution in [2.24, 2.45) is 5.73 Å². The van der Waals surface area contributed by atoms with E-state index in [0.29, 0.717) is 12.2 Å². The Morgan fingerprint density at radius 1 is 1.13 bits per heavy atom. The summed E-state index contributed by atoms with van der Waals surface area (Å²) in [6.45, 7) is 1.87. The zero-order valence-electron chi connectivity index (χ0n) is 9.49. The zero-order chi connectivity index (χ0) is 10.5. The second kappa shape index (κ2) is 5.83. The van der Waals surface area contributed by atoms with Crippen molar-refractivity contribution in [1.29, 1.82) is 0 Å². The first-order valence-corrected chi connectivity index (χ1v) is 6.35. The SMILES string of the molecule is NC(CCCC1CCCO1)C1CCCO1. The number of hydrogen-bond acceptors (Lipinski definition) is 3. The molecule has 0 bridgehead atoms. The number of rotatable bonds is 5. The second-order valence-electron chi connectivity index (χ2n) is 4.78. The van der Waals surface area contributed by atoms with Gasteiger partial charge in [0.1, 0.15) is 0 Å². The highest BCUT2D eigenvalue weighted by Gasteiger charge is 2.23. The molecule has 3 unspecified atom stereocenters. The van der Waals surface area contributed by atoms with Gasteiger partial charge in [0.25, 0.3) is 0 Å². The Morgan fingerprint density at radius 3 is 2.60 bits per heavy atom. The molecule has 2 heterocycles. The fourth-order valence-electron chi connectivity index (χ4n) is 2.58. The third-order valence-electron chi connectivity index (χ3n) is 3.53. The molecule has 0 aromatic carbocycles. The molecule has 3 heteroatoms. The summed E-state index contributed by atoms with van der Waals surface area (Å²) >= 11 is 0. The van der Waals surface area contributed by atoms with E-state index in [-0.39, 0.29) is 6.04 Å². The van der Waals surface area contributed by atoms with Gasteiger partial charge >= 0.3 is 0 Å². The van der Waals surface area contributed by atoms with Crippen LogP contribution >= 0.6 is 0 Å². The Kier molecular flexibility index (Phi) is 4.42. The van der Waals surface area contributed by atoms with Gasteiger partial charge in [0.2, 0.25) is 0 Å². The lowest BCUT2D eigenvalue weighted by molar-refractivity contribution is 0.0798. The van der Waals surface area contributed by atoms with E-state index in [2.05, 4.69) is 0 Å². The number of ether oxygens (including phenoxy) is 2. The molecule has 0 radical (unpaired) electrons. The molecule has 2 fully saturated rings. The van der Waals surface area contributed by atoms with Crippen molar-refractivity contribution in [3.63, 3.8) is 0 Å². The van der Waals surface area contributed by atoms with Crippen LogP contribution in [-0.2, 0) is 9.47 Å². The molecule has 0 amide bonds. The third-order valence-corrected chi connectivity index (χ3v) is 3.53. The monoisotopic (exact) mass is 213 g/mol. The highest BCUT2D eigenvalue weighted by Crippen LogP contribution is 2.21. The summed E-state index contributed by atoms with van der Waals surface area (Å²) in [6, 6.07) is 0.244. The van der Waals surface area contributed by atoms with Gasteiger partial charge in [0, 0.05) is 19.3 Å². The van der Waals surface area contributed by atoms with Crippen LogP contribution in [0.2, 0.25) is 0 Å². The van der Waals surface area contributed by atoms with Crippen molar-refractivity contribution >= 4 is 0 Å². The molecule has 2 rings (SSSR count). The largest absolute Gasteiger partial charge is 0.378 e. The van der Waals surface area contributed by atoms with Crippen molar-refractivity contribution in [3.05, 3.63) is 0 Å². The molecule has 3 atom stereocenters. The number of nitrogens with two attached hydrogens (primary N) is 1. The van der Waals surface area contributed by atoms with E-state index < -0.39 is 0 Å². The summed E-state index contributed by atoms with van der Waals surface area (Å²) in [5.41, 5.74) is 6.10. The molecule has 88 valence electrons. The number of hydrogen-bond donors (Lipinski definition) is 1. The van der Waals surface area contributed by atoms with E-state index in [1.54, 1.807) is 0 Å². The van der Waals surface area contributed by atoms with E-state index in [1.165, 1.54) is 32.1 Å². The van der Waals surface area contributed by atoms with Crippen LogP contribution in [0.1, 0.15) is 44.9 Å². The Labute approximate surface area is 92.3 Å². The van der Waals surface area contributed by atoms with E-state index in [9.17, 15) is 0 Å². The minimum Gasteiger partial charge on any atom is -0.378 e. The maximum absolute atomic E-state index is 6.10. The standard InChI is InChI=1S/C12H23NO2/c13-11(12-7-3-9-15-12)6-1-4-10-5-2-8-14-10/h10-12H,1-9,13H2. The molecular weight excluding hydrogens is 190 g/mol. The minimum atomic E-state index is 0.244. The quantitative estimate of drug-likeness (QED) is 0.758. The molecule has 2 saturated heterocycles. The van der Waals surface area contributed by atoms with Crippen molar-refractivity contribution < 1.29 is 9.47 Å². The second-order valence-corrected chi connectivity index (χ2v) is 4.78. The summed E-state index contributed by atoms with van der Waals surface area (Å²) in [7, 11) is 0. The maximum Gasteiger partial charge on any atom is 0.0726 e. The highest BCUT2D eigenvalue weighted by atomic mass is 16.5. The van der Waals surface area contributed by atoms with E-state index in [1.807, 2.05) is 0 Å². The van der Waals surface area contributed by atoms with Gasteiger partial charge in [-0.2, -0.15) is 0 Å².